The summed E-state index contributed by atoms with van der Waals surface area (Å²) in [5.41, 5.74) is 8.46. The number of pyridine rings is 1. The minimum Gasteiger partial charge on any atom is -0.370 e. The first-order valence-electron chi connectivity index (χ1n) is 8.73. The molecular formula is C18H27IN6O. The number of imidazole rings is 1. The fourth-order valence-corrected chi connectivity index (χ4v) is 3.43. The van der Waals surface area contributed by atoms with Gasteiger partial charge in [-0.2, -0.15) is 0 Å². The highest BCUT2D eigenvalue weighted by atomic mass is 127. The Labute approximate surface area is 171 Å². The molecule has 3 N–H and O–H groups in total. The van der Waals surface area contributed by atoms with Crippen LogP contribution in [0.25, 0.3) is 5.65 Å². The molecule has 1 atom stereocenters. The molecular weight excluding hydrogens is 443 g/mol. The molecule has 0 spiro atoms. The van der Waals surface area contributed by atoms with Crippen molar-refractivity contribution in [3.63, 3.8) is 0 Å². The van der Waals surface area contributed by atoms with Gasteiger partial charge in [0, 0.05) is 39.0 Å². The Morgan fingerprint density at radius 2 is 2.31 bits per heavy atom. The van der Waals surface area contributed by atoms with E-state index >= 15 is 0 Å². The Hall–Kier alpha value is -1.84. The summed E-state index contributed by atoms with van der Waals surface area (Å²) in [7, 11) is 1.78. The van der Waals surface area contributed by atoms with E-state index in [1.807, 2.05) is 16.8 Å². The number of aliphatic imine (C=N–C) groups is 1. The lowest BCUT2D eigenvalue weighted by Gasteiger charge is -2.34. The number of piperidine rings is 1. The number of amides is 1. The third-order valence-corrected chi connectivity index (χ3v) is 4.61. The van der Waals surface area contributed by atoms with Gasteiger partial charge in [-0.1, -0.05) is 0 Å². The number of fused-ring (bicyclic) bond motifs is 1. The second kappa shape index (κ2) is 9.20. The second-order valence-electron chi connectivity index (χ2n) is 6.73. The van der Waals surface area contributed by atoms with Gasteiger partial charge in [0.2, 0.25) is 5.91 Å². The Morgan fingerprint density at radius 3 is 3.04 bits per heavy atom. The Balaban J connectivity index is 0.00000243. The number of likely N-dealkylation sites (tertiary alicyclic amines) is 1. The molecule has 2 aromatic heterocycles. The molecule has 8 heteroatoms. The maximum atomic E-state index is 11.2. The van der Waals surface area contributed by atoms with Crippen LogP contribution in [0.2, 0.25) is 0 Å². The van der Waals surface area contributed by atoms with Crippen molar-refractivity contribution in [3.8, 4) is 0 Å². The minimum absolute atomic E-state index is 0. The first-order chi connectivity index (χ1) is 12.0. The zero-order valence-electron chi connectivity index (χ0n) is 15.3. The molecule has 1 saturated heterocycles. The van der Waals surface area contributed by atoms with Gasteiger partial charge < -0.3 is 20.4 Å². The van der Waals surface area contributed by atoms with Crippen molar-refractivity contribution in [3.05, 3.63) is 35.8 Å². The number of nitrogens with one attached hydrogen (secondary N) is 1. The van der Waals surface area contributed by atoms with E-state index in [1.165, 1.54) is 5.56 Å². The van der Waals surface area contributed by atoms with Crippen molar-refractivity contribution in [1.29, 1.82) is 0 Å². The number of primary amides is 1. The lowest BCUT2D eigenvalue weighted by molar-refractivity contribution is -0.119. The number of aromatic nitrogens is 2. The van der Waals surface area contributed by atoms with Crippen molar-refractivity contribution >= 4 is 41.5 Å². The van der Waals surface area contributed by atoms with Gasteiger partial charge in [0.25, 0.3) is 0 Å². The fourth-order valence-electron chi connectivity index (χ4n) is 3.43. The summed E-state index contributed by atoms with van der Waals surface area (Å²) in [6, 6.07) is 4.13. The summed E-state index contributed by atoms with van der Waals surface area (Å²) < 4.78 is 2.02. The SMILES string of the molecule is CN=C(NCc1cn2ccc(C)cc2n1)N1CCCC(CC(N)=O)C1.I. The first kappa shape index (κ1) is 20.5. The van der Waals surface area contributed by atoms with E-state index in [9.17, 15) is 4.79 Å². The highest BCUT2D eigenvalue weighted by Gasteiger charge is 2.23. The maximum Gasteiger partial charge on any atom is 0.217 e. The van der Waals surface area contributed by atoms with Crippen LogP contribution in [0, 0.1) is 12.8 Å². The number of nitrogens with two attached hydrogens (primary N) is 1. The van der Waals surface area contributed by atoms with E-state index in [2.05, 4.69) is 39.2 Å². The van der Waals surface area contributed by atoms with E-state index in [0.717, 1.165) is 43.2 Å². The van der Waals surface area contributed by atoms with Crippen LogP contribution in [-0.2, 0) is 11.3 Å². The van der Waals surface area contributed by atoms with Crippen LogP contribution in [0.1, 0.15) is 30.5 Å². The van der Waals surface area contributed by atoms with E-state index in [1.54, 1.807) is 7.05 Å². The molecule has 1 aliphatic rings. The molecule has 1 aliphatic heterocycles. The smallest absolute Gasteiger partial charge is 0.217 e. The Bertz CT molecular complexity index is 787. The zero-order chi connectivity index (χ0) is 17.8. The normalized spacial score (nSPS) is 17.8. The minimum atomic E-state index is -0.227. The highest BCUT2D eigenvalue weighted by molar-refractivity contribution is 14.0. The summed E-state index contributed by atoms with van der Waals surface area (Å²) in [4.78, 5) is 22.4. The Morgan fingerprint density at radius 1 is 1.50 bits per heavy atom. The van der Waals surface area contributed by atoms with Crippen molar-refractivity contribution in [2.75, 3.05) is 20.1 Å². The van der Waals surface area contributed by atoms with Crippen LogP contribution in [0.4, 0.5) is 0 Å². The molecule has 7 nitrogen and oxygen atoms in total. The molecule has 142 valence electrons. The van der Waals surface area contributed by atoms with Gasteiger partial charge in [-0.05, 0) is 43.4 Å². The topological polar surface area (TPSA) is 88.0 Å². The van der Waals surface area contributed by atoms with Crippen LogP contribution < -0.4 is 11.1 Å². The first-order valence-corrected chi connectivity index (χ1v) is 8.73. The third-order valence-electron chi connectivity index (χ3n) is 4.61. The molecule has 0 saturated carbocycles. The van der Waals surface area contributed by atoms with Crippen molar-refractivity contribution in [2.45, 2.75) is 32.7 Å². The number of aryl methyl sites for hydroxylation is 1. The van der Waals surface area contributed by atoms with Gasteiger partial charge in [-0.25, -0.2) is 4.98 Å². The molecule has 3 rings (SSSR count). The van der Waals surface area contributed by atoms with Crippen LogP contribution in [0.5, 0.6) is 0 Å². The predicted octanol–water partition coefficient (Wildman–Crippen LogP) is 1.92. The van der Waals surface area contributed by atoms with E-state index < -0.39 is 0 Å². The second-order valence-corrected chi connectivity index (χ2v) is 6.73. The number of carbonyl (C=O) groups excluding carboxylic acids is 1. The van der Waals surface area contributed by atoms with Gasteiger partial charge in [0.15, 0.2) is 5.96 Å². The molecule has 3 heterocycles. The van der Waals surface area contributed by atoms with Gasteiger partial charge in [0.05, 0.1) is 12.2 Å². The molecule has 0 radical (unpaired) electrons. The van der Waals surface area contributed by atoms with Crippen LogP contribution in [0.3, 0.4) is 0 Å². The number of nitrogens with zero attached hydrogens (tertiary/aromatic N) is 4. The van der Waals surface area contributed by atoms with E-state index in [4.69, 9.17) is 5.73 Å². The standard InChI is InChI=1S/C18H26N6O.HI/c1-13-5-7-23-12-15(22-17(23)8-13)10-21-18(20-2)24-6-3-4-14(11-24)9-16(19)25;/h5,7-8,12,14H,3-4,6,9-11H2,1-2H3,(H2,19,25)(H,20,21);1H. The summed E-state index contributed by atoms with van der Waals surface area (Å²) in [5, 5.41) is 3.39. The molecule has 26 heavy (non-hydrogen) atoms. The molecule has 1 unspecified atom stereocenters. The van der Waals surface area contributed by atoms with Crippen molar-refractivity contribution in [1.82, 2.24) is 19.6 Å². The highest BCUT2D eigenvalue weighted by Crippen LogP contribution is 2.19. The van der Waals surface area contributed by atoms with Crippen LogP contribution in [0.15, 0.2) is 29.5 Å². The zero-order valence-corrected chi connectivity index (χ0v) is 17.6. The van der Waals surface area contributed by atoms with Crippen LogP contribution in [-0.4, -0.2) is 46.3 Å². The van der Waals surface area contributed by atoms with Gasteiger partial charge in [-0.15, -0.1) is 24.0 Å². The van der Waals surface area contributed by atoms with Gasteiger partial charge >= 0.3 is 0 Å². The summed E-state index contributed by atoms with van der Waals surface area (Å²) in [5.74, 6) is 0.931. The number of hydrogen-bond acceptors (Lipinski definition) is 3. The molecule has 0 bridgehead atoms. The molecule has 2 aromatic rings. The quantitative estimate of drug-likeness (QED) is 0.406. The lowest BCUT2D eigenvalue weighted by Crippen LogP contribution is -2.46. The maximum absolute atomic E-state index is 11.2. The number of hydrogen-bond donors (Lipinski definition) is 2. The van der Waals surface area contributed by atoms with E-state index in [0.29, 0.717) is 18.9 Å². The number of guanidine groups is 1. The molecule has 1 amide bonds. The average molecular weight is 470 g/mol. The number of halogens is 1. The lowest BCUT2D eigenvalue weighted by atomic mass is 9.95. The van der Waals surface area contributed by atoms with Crippen LogP contribution >= 0.6 is 24.0 Å². The fraction of sp³-hybridized carbons (Fsp3) is 0.500. The number of carbonyl (C=O) groups is 1. The van der Waals surface area contributed by atoms with Crippen molar-refractivity contribution in [2.24, 2.45) is 16.6 Å². The third kappa shape index (κ3) is 5.09. The monoisotopic (exact) mass is 470 g/mol. The molecule has 0 aliphatic carbocycles. The molecule has 0 aromatic carbocycles. The predicted molar refractivity (Wildman–Crippen MR) is 114 cm³/mol. The van der Waals surface area contributed by atoms with Gasteiger partial charge in [0.1, 0.15) is 5.65 Å². The summed E-state index contributed by atoms with van der Waals surface area (Å²) >= 11 is 0. The van der Waals surface area contributed by atoms with E-state index in [-0.39, 0.29) is 29.9 Å². The largest absolute Gasteiger partial charge is 0.370 e. The molecule has 1 fully saturated rings. The Kier molecular flexibility index (Phi) is 7.24. The average Bonchev–Trinajstić information content (AvgIpc) is 2.97. The summed E-state index contributed by atoms with van der Waals surface area (Å²) in [6.07, 6.45) is 6.59. The summed E-state index contributed by atoms with van der Waals surface area (Å²) in [6.45, 7) is 4.43. The van der Waals surface area contributed by atoms with Gasteiger partial charge in [-0.3, -0.25) is 9.79 Å². The van der Waals surface area contributed by atoms with Crippen molar-refractivity contribution < 1.29 is 4.79 Å². The number of rotatable bonds is 4.